The Bertz CT molecular complexity index is 778. The van der Waals surface area contributed by atoms with Gasteiger partial charge in [-0.2, -0.15) is 0 Å². The number of hydrogen-bond acceptors (Lipinski definition) is 7. The second-order valence-corrected chi connectivity index (χ2v) is 5.37. The van der Waals surface area contributed by atoms with Crippen LogP contribution >= 0.6 is 11.3 Å². The maximum absolute atomic E-state index is 11.9. The average Bonchev–Trinajstić information content (AvgIpc) is 2.81. The van der Waals surface area contributed by atoms with Gasteiger partial charge in [0.1, 0.15) is 22.9 Å². The molecular weight excluding hydrogens is 320 g/mol. The van der Waals surface area contributed by atoms with Crippen LogP contribution in [-0.4, -0.2) is 35.6 Å². The molecule has 0 bridgehead atoms. The lowest BCUT2D eigenvalue weighted by atomic mass is 10.3. The first kappa shape index (κ1) is 16.8. The van der Waals surface area contributed by atoms with Crippen molar-refractivity contribution in [2.45, 2.75) is 13.5 Å². The number of aromatic hydroxyl groups is 1. The fourth-order valence-corrected chi connectivity index (χ4v) is 2.59. The molecule has 2 rings (SSSR count). The number of benzene rings is 1. The standard InChI is InChI=1S/C15H16N2O5S/c1-3-22-13(18)9-17-14(19)12(23-15(17)20)8-16-10-6-4-5-7-11(10)21-2/h4-8,19H,3,9H2,1-2H3. The minimum Gasteiger partial charge on any atom is -0.494 e. The van der Waals surface area contributed by atoms with Gasteiger partial charge in [-0.25, -0.2) is 0 Å². The van der Waals surface area contributed by atoms with Crippen molar-refractivity contribution in [3.8, 4) is 11.6 Å². The lowest BCUT2D eigenvalue weighted by molar-refractivity contribution is -0.143. The van der Waals surface area contributed by atoms with Gasteiger partial charge in [0.15, 0.2) is 0 Å². The summed E-state index contributed by atoms with van der Waals surface area (Å²) in [5, 5.41) is 10.1. The van der Waals surface area contributed by atoms with E-state index in [2.05, 4.69) is 4.99 Å². The molecule has 1 aromatic carbocycles. The summed E-state index contributed by atoms with van der Waals surface area (Å²) in [6.07, 6.45) is 1.36. The summed E-state index contributed by atoms with van der Waals surface area (Å²) >= 11 is 0.793. The van der Waals surface area contributed by atoms with E-state index in [1.54, 1.807) is 25.1 Å². The van der Waals surface area contributed by atoms with Crippen molar-refractivity contribution in [2.75, 3.05) is 13.7 Å². The maximum atomic E-state index is 11.9. The molecule has 0 aliphatic rings. The molecule has 0 spiro atoms. The summed E-state index contributed by atoms with van der Waals surface area (Å²) in [4.78, 5) is 27.3. The Hall–Kier alpha value is -2.61. The number of carbonyl (C=O) groups is 1. The Morgan fingerprint density at radius 1 is 1.43 bits per heavy atom. The molecule has 2 aromatic rings. The van der Waals surface area contributed by atoms with Crippen LogP contribution in [0.4, 0.5) is 5.69 Å². The normalized spacial score (nSPS) is 10.9. The third-order valence-electron chi connectivity index (χ3n) is 2.89. The smallest absolute Gasteiger partial charge is 0.326 e. The van der Waals surface area contributed by atoms with Crippen molar-refractivity contribution in [3.63, 3.8) is 0 Å². The third kappa shape index (κ3) is 3.98. The second kappa shape index (κ2) is 7.59. The van der Waals surface area contributed by atoms with Crippen molar-refractivity contribution in [1.29, 1.82) is 0 Å². The van der Waals surface area contributed by atoms with Crippen molar-refractivity contribution < 1.29 is 19.4 Å². The monoisotopic (exact) mass is 336 g/mol. The predicted octanol–water partition coefficient (Wildman–Crippen LogP) is 1.94. The van der Waals surface area contributed by atoms with Gasteiger partial charge in [0.2, 0.25) is 5.88 Å². The van der Waals surface area contributed by atoms with Gasteiger partial charge in [-0.05, 0) is 19.1 Å². The minimum atomic E-state index is -0.587. The van der Waals surface area contributed by atoms with Gasteiger partial charge in [-0.15, -0.1) is 0 Å². The maximum Gasteiger partial charge on any atom is 0.326 e. The number of carbonyl (C=O) groups excluding carboxylic acids is 1. The van der Waals surface area contributed by atoms with Crippen LogP contribution in [0.3, 0.4) is 0 Å². The minimum absolute atomic E-state index is 0.209. The van der Waals surface area contributed by atoms with Gasteiger partial charge in [-0.3, -0.25) is 19.1 Å². The van der Waals surface area contributed by atoms with Crippen LogP contribution in [0.25, 0.3) is 0 Å². The average molecular weight is 336 g/mol. The molecule has 1 aromatic heterocycles. The number of nitrogens with zero attached hydrogens (tertiary/aromatic N) is 2. The van der Waals surface area contributed by atoms with Crippen LogP contribution < -0.4 is 9.61 Å². The van der Waals surface area contributed by atoms with Gasteiger partial charge in [0, 0.05) is 0 Å². The van der Waals surface area contributed by atoms with Crippen LogP contribution in [0, 0.1) is 0 Å². The Morgan fingerprint density at radius 3 is 2.87 bits per heavy atom. The van der Waals surface area contributed by atoms with E-state index in [0.29, 0.717) is 11.4 Å². The largest absolute Gasteiger partial charge is 0.494 e. The summed E-state index contributed by atoms with van der Waals surface area (Å²) in [6.45, 7) is 1.54. The quantitative estimate of drug-likeness (QED) is 0.643. The molecule has 0 saturated carbocycles. The molecule has 23 heavy (non-hydrogen) atoms. The number of ether oxygens (including phenoxy) is 2. The number of methoxy groups -OCH3 is 1. The number of aromatic nitrogens is 1. The molecule has 0 aliphatic carbocycles. The lowest BCUT2D eigenvalue weighted by Gasteiger charge is -2.03. The number of rotatable bonds is 6. The highest BCUT2D eigenvalue weighted by Crippen LogP contribution is 2.27. The highest BCUT2D eigenvalue weighted by atomic mass is 32.1. The van der Waals surface area contributed by atoms with Gasteiger partial charge in [-0.1, -0.05) is 23.5 Å². The Balaban J connectivity index is 2.26. The topological polar surface area (TPSA) is 90.1 Å². The molecule has 1 heterocycles. The molecule has 0 saturated heterocycles. The highest BCUT2D eigenvalue weighted by molar-refractivity contribution is 7.11. The zero-order valence-electron chi connectivity index (χ0n) is 12.7. The Morgan fingerprint density at radius 2 is 2.17 bits per heavy atom. The van der Waals surface area contributed by atoms with Gasteiger partial charge < -0.3 is 14.6 Å². The number of thiazole rings is 1. The summed E-state index contributed by atoms with van der Waals surface area (Å²) in [5.74, 6) is -0.329. The van der Waals surface area contributed by atoms with Crippen molar-refractivity contribution in [3.05, 3.63) is 38.8 Å². The third-order valence-corrected chi connectivity index (χ3v) is 3.80. The second-order valence-electron chi connectivity index (χ2n) is 4.38. The number of esters is 1. The zero-order valence-corrected chi connectivity index (χ0v) is 13.5. The van der Waals surface area contributed by atoms with Crippen LogP contribution in [0.1, 0.15) is 11.8 Å². The molecule has 0 fully saturated rings. The zero-order chi connectivity index (χ0) is 16.8. The van der Waals surface area contributed by atoms with Crippen LogP contribution in [0.15, 0.2) is 34.1 Å². The van der Waals surface area contributed by atoms with Gasteiger partial charge in [0.05, 0.1) is 19.9 Å². The van der Waals surface area contributed by atoms with E-state index in [4.69, 9.17) is 9.47 Å². The summed E-state index contributed by atoms with van der Waals surface area (Å²) in [7, 11) is 1.53. The molecule has 0 radical (unpaired) electrons. The van der Waals surface area contributed by atoms with E-state index in [1.807, 2.05) is 6.07 Å². The molecule has 122 valence electrons. The first-order valence-electron chi connectivity index (χ1n) is 6.82. The fraction of sp³-hybridized carbons (Fsp3) is 0.267. The number of hydrogen-bond donors (Lipinski definition) is 1. The molecule has 1 N–H and O–H groups in total. The molecule has 0 amide bonds. The number of aliphatic imine (C=N–C) groups is 1. The Kier molecular flexibility index (Phi) is 5.53. The summed E-state index contributed by atoms with van der Waals surface area (Å²) < 4.78 is 10.9. The van der Waals surface area contributed by atoms with E-state index in [-0.39, 0.29) is 23.9 Å². The summed E-state index contributed by atoms with van der Waals surface area (Å²) in [5.41, 5.74) is 0.562. The van der Waals surface area contributed by atoms with E-state index in [0.717, 1.165) is 15.9 Å². The fourth-order valence-electron chi connectivity index (χ4n) is 1.84. The van der Waals surface area contributed by atoms with Crippen molar-refractivity contribution >= 4 is 29.2 Å². The summed E-state index contributed by atoms with van der Waals surface area (Å²) in [6, 6.07) is 7.10. The lowest BCUT2D eigenvalue weighted by Crippen LogP contribution is -2.20. The van der Waals surface area contributed by atoms with E-state index in [9.17, 15) is 14.7 Å². The van der Waals surface area contributed by atoms with Crippen LogP contribution in [-0.2, 0) is 16.1 Å². The van der Waals surface area contributed by atoms with Crippen molar-refractivity contribution in [2.24, 2.45) is 4.99 Å². The molecule has 0 aliphatic heterocycles. The molecule has 0 atom stereocenters. The van der Waals surface area contributed by atoms with E-state index in [1.165, 1.54) is 13.3 Å². The Labute approximate surface area is 136 Å². The number of para-hydroxylation sites is 2. The van der Waals surface area contributed by atoms with Crippen molar-refractivity contribution in [1.82, 2.24) is 4.57 Å². The molecule has 8 heteroatoms. The van der Waals surface area contributed by atoms with Gasteiger partial charge in [0.25, 0.3) is 0 Å². The first-order chi connectivity index (χ1) is 11.1. The molecule has 0 unspecified atom stereocenters. The van der Waals surface area contributed by atoms with E-state index >= 15 is 0 Å². The predicted molar refractivity (Wildman–Crippen MR) is 87.1 cm³/mol. The van der Waals surface area contributed by atoms with Crippen LogP contribution in [0.5, 0.6) is 11.6 Å². The van der Waals surface area contributed by atoms with Gasteiger partial charge >= 0.3 is 10.8 Å². The van der Waals surface area contributed by atoms with Crippen LogP contribution in [0.2, 0.25) is 0 Å². The SMILES string of the molecule is CCOC(=O)Cn1c(O)c(C=Nc2ccccc2OC)sc1=O. The molecular formula is C15H16N2O5S. The van der Waals surface area contributed by atoms with E-state index < -0.39 is 10.8 Å². The highest BCUT2D eigenvalue weighted by Gasteiger charge is 2.16. The molecule has 7 nitrogen and oxygen atoms in total. The first-order valence-corrected chi connectivity index (χ1v) is 7.63.